The van der Waals surface area contributed by atoms with Crippen LogP contribution in [0.5, 0.6) is 5.75 Å². The van der Waals surface area contributed by atoms with Crippen LogP contribution in [-0.2, 0) is 22.5 Å². The van der Waals surface area contributed by atoms with Crippen molar-refractivity contribution >= 4 is 5.97 Å². The molecule has 0 aliphatic carbocycles. The van der Waals surface area contributed by atoms with Crippen LogP contribution in [-0.4, -0.2) is 35.0 Å². The van der Waals surface area contributed by atoms with Crippen LogP contribution in [0, 0.1) is 0 Å². The van der Waals surface area contributed by atoms with E-state index >= 15 is 0 Å². The monoisotopic (exact) mass is 463 g/mol. The Labute approximate surface area is 203 Å². The normalized spacial score (nSPS) is 12.3. The fraction of sp³-hybridized carbons (Fsp3) is 0.414. The van der Waals surface area contributed by atoms with Gasteiger partial charge in [-0.05, 0) is 48.1 Å². The predicted octanol–water partition coefficient (Wildman–Crippen LogP) is 6.51. The first kappa shape index (κ1) is 25.6. The molecule has 1 heterocycles. The molecule has 3 rings (SSSR count). The van der Waals surface area contributed by atoms with Crippen molar-refractivity contribution in [3.8, 4) is 16.9 Å². The van der Waals surface area contributed by atoms with Gasteiger partial charge in [0.25, 0.3) is 0 Å². The van der Waals surface area contributed by atoms with Crippen molar-refractivity contribution in [3.63, 3.8) is 0 Å². The van der Waals surface area contributed by atoms with Crippen LogP contribution in [0.25, 0.3) is 11.1 Å². The van der Waals surface area contributed by atoms with Crippen molar-refractivity contribution in [3.05, 3.63) is 77.6 Å². The zero-order valence-corrected chi connectivity index (χ0v) is 21.0. The van der Waals surface area contributed by atoms with Gasteiger partial charge in [0.05, 0.1) is 6.54 Å². The van der Waals surface area contributed by atoms with Crippen LogP contribution < -0.4 is 4.74 Å². The van der Waals surface area contributed by atoms with Gasteiger partial charge >= 0.3 is 5.97 Å². The number of aromatic nitrogens is 1. The molecule has 182 valence electrons. The summed E-state index contributed by atoms with van der Waals surface area (Å²) in [6, 6.07) is 20.5. The Morgan fingerprint density at radius 1 is 0.971 bits per heavy atom. The van der Waals surface area contributed by atoms with Gasteiger partial charge in [-0.25, -0.2) is 4.79 Å². The number of hydrogen-bond donors (Lipinski definition) is 1. The summed E-state index contributed by atoms with van der Waals surface area (Å²) in [5.74, 6) is 0.627. The highest BCUT2D eigenvalue weighted by atomic mass is 16.5. The Hall–Kier alpha value is -3.05. The second-order valence-electron chi connectivity index (χ2n) is 9.17. The van der Waals surface area contributed by atoms with Gasteiger partial charge in [-0.3, -0.25) is 0 Å². The lowest BCUT2D eigenvalue weighted by Crippen LogP contribution is -2.26. The van der Waals surface area contributed by atoms with E-state index < -0.39 is 12.1 Å². The average molecular weight is 464 g/mol. The van der Waals surface area contributed by atoms with E-state index in [2.05, 4.69) is 68.7 Å². The standard InChI is InChI=1S/C29H37NO4/c1-6-33-27(29(31)32)18-22-12-14-24(15-13-22)34-17-16-30-26(20(2)3)19-25(28(30)21(4)5)23-10-8-7-9-11-23/h7-15,19-21,27H,6,16-18H2,1-5H3,(H,31,32). The molecule has 1 N–H and O–H groups in total. The van der Waals surface area contributed by atoms with E-state index in [9.17, 15) is 9.90 Å². The van der Waals surface area contributed by atoms with Gasteiger partial charge in [0.1, 0.15) is 12.4 Å². The van der Waals surface area contributed by atoms with E-state index in [1.807, 2.05) is 24.3 Å². The van der Waals surface area contributed by atoms with Crippen molar-refractivity contribution in [2.75, 3.05) is 13.2 Å². The maximum Gasteiger partial charge on any atom is 0.333 e. The number of benzene rings is 2. The third kappa shape index (κ3) is 6.29. The molecule has 0 amide bonds. The van der Waals surface area contributed by atoms with E-state index in [0.29, 0.717) is 31.5 Å². The van der Waals surface area contributed by atoms with Gasteiger partial charge in [0.15, 0.2) is 6.10 Å². The van der Waals surface area contributed by atoms with Crippen LogP contribution in [0.1, 0.15) is 63.4 Å². The molecule has 0 aliphatic rings. The molecule has 1 aromatic heterocycles. The zero-order chi connectivity index (χ0) is 24.7. The quantitative estimate of drug-likeness (QED) is 0.332. The third-order valence-corrected chi connectivity index (χ3v) is 5.97. The molecule has 1 unspecified atom stereocenters. The highest BCUT2D eigenvalue weighted by Gasteiger charge is 2.21. The highest BCUT2D eigenvalue weighted by Crippen LogP contribution is 2.35. The minimum atomic E-state index is -0.939. The predicted molar refractivity (Wildman–Crippen MR) is 137 cm³/mol. The summed E-state index contributed by atoms with van der Waals surface area (Å²) in [5.41, 5.74) is 6.11. The highest BCUT2D eigenvalue weighted by molar-refractivity contribution is 5.72. The molecule has 0 bridgehead atoms. The smallest absolute Gasteiger partial charge is 0.333 e. The molecule has 5 heteroatoms. The molecule has 5 nitrogen and oxygen atoms in total. The van der Waals surface area contributed by atoms with Crippen molar-refractivity contribution in [2.24, 2.45) is 0 Å². The summed E-state index contributed by atoms with van der Waals surface area (Å²) in [4.78, 5) is 11.3. The number of carboxylic acid groups (broad SMARTS) is 1. The first-order valence-electron chi connectivity index (χ1n) is 12.2. The van der Waals surface area contributed by atoms with Crippen molar-refractivity contribution in [1.29, 1.82) is 0 Å². The Kier molecular flexibility index (Phi) is 8.94. The molecular weight excluding hydrogens is 426 g/mol. The van der Waals surface area contributed by atoms with Crippen molar-refractivity contribution in [1.82, 2.24) is 4.57 Å². The zero-order valence-electron chi connectivity index (χ0n) is 21.0. The molecule has 0 fully saturated rings. The van der Waals surface area contributed by atoms with E-state index in [1.165, 1.54) is 22.5 Å². The summed E-state index contributed by atoms with van der Waals surface area (Å²) in [5, 5.41) is 9.29. The van der Waals surface area contributed by atoms with Crippen LogP contribution >= 0.6 is 0 Å². The molecule has 34 heavy (non-hydrogen) atoms. The molecule has 3 aromatic rings. The van der Waals surface area contributed by atoms with Gasteiger partial charge in [-0.2, -0.15) is 0 Å². The van der Waals surface area contributed by atoms with Crippen LogP contribution in [0.15, 0.2) is 60.7 Å². The van der Waals surface area contributed by atoms with E-state index in [1.54, 1.807) is 6.92 Å². The van der Waals surface area contributed by atoms with Crippen molar-refractivity contribution in [2.45, 2.75) is 65.5 Å². The lowest BCUT2D eigenvalue weighted by atomic mass is 9.99. The Morgan fingerprint density at radius 3 is 2.21 bits per heavy atom. The number of nitrogens with zero attached hydrogens (tertiary/aromatic N) is 1. The molecule has 0 saturated carbocycles. The lowest BCUT2D eigenvalue weighted by Gasteiger charge is -2.19. The van der Waals surface area contributed by atoms with E-state index in [4.69, 9.17) is 9.47 Å². The van der Waals surface area contributed by atoms with E-state index in [-0.39, 0.29) is 0 Å². The van der Waals surface area contributed by atoms with Gasteiger partial charge in [0, 0.05) is 30.0 Å². The van der Waals surface area contributed by atoms with Gasteiger partial charge in [0.2, 0.25) is 0 Å². The minimum Gasteiger partial charge on any atom is -0.492 e. The molecule has 2 aromatic carbocycles. The van der Waals surface area contributed by atoms with E-state index in [0.717, 1.165) is 17.9 Å². The number of aliphatic carboxylic acids is 1. The summed E-state index contributed by atoms with van der Waals surface area (Å²) in [6.07, 6.45) is -0.488. The summed E-state index contributed by atoms with van der Waals surface area (Å²) in [7, 11) is 0. The summed E-state index contributed by atoms with van der Waals surface area (Å²) >= 11 is 0. The fourth-order valence-corrected chi connectivity index (χ4v) is 4.39. The molecule has 1 atom stereocenters. The second kappa shape index (κ2) is 11.9. The molecular formula is C29H37NO4. The Bertz CT molecular complexity index is 1050. The summed E-state index contributed by atoms with van der Waals surface area (Å²) in [6.45, 7) is 12.5. The SMILES string of the molecule is CCOC(Cc1ccc(OCCn2c(C(C)C)cc(-c3ccccc3)c2C(C)C)cc1)C(=O)O. The molecule has 0 radical (unpaired) electrons. The average Bonchev–Trinajstić information content (AvgIpc) is 3.20. The largest absolute Gasteiger partial charge is 0.492 e. The second-order valence-corrected chi connectivity index (χ2v) is 9.17. The molecule has 0 saturated heterocycles. The Balaban J connectivity index is 1.73. The number of carboxylic acids is 1. The number of hydrogen-bond acceptors (Lipinski definition) is 3. The van der Waals surface area contributed by atoms with Crippen LogP contribution in [0.3, 0.4) is 0 Å². The first-order chi connectivity index (χ1) is 16.3. The lowest BCUT2D eigenvalue weighted by molar-refractivity contribution is -0.149. The van der Waals surface area contributed by atoms with Crippen molar-refractivity contribution < 1.29 is 19.4 Å². The first-order valence-corrected chi connectivity index (χ1v) is 12.2. The Morgan fingerprint density at radius 2 is 1.65 bits per heavy atom. The van der Waals surface area contributed by atoms with Crippen LogP contribution in [0.2, 0.25) is 0 Å². The maximum absolute atomic E-state index is 11.3. The number of carbonyl (C=O) groups is 1. The van der Waals surface area contributed by atoms with Gasteiger partial charge < -0.3 is 19.1 Å². The topological polar surface area (TPSA) is 60.7 Å². The number of ether oxygens (including phenoxy) is 2. The fourth-order valence-electron chi connectivity index (χ4n) is 4.39. The van der Waals surface area contributed by atoms with Crippen LogP contribution in [0.4, 0.5) is 0 Å². The molecule has 0 aliphatic heterocycles. The minimum absolute atomic E-state index is 0.338. The third-order valence-electron chi connectivity index (χ3n) is 5.97. The molecule has 0 spiro atoms. The summed E-state index contributed by atoms with van der Waals surface area (Å²) < 4.78 is 13.8. The van der Waals surface area contributed by atoms with Gasteiger partial charge in [-0.15, -0.1) is 0 Å². The van der Waals surface area contributed by atoms with Gasteiger partial charge in [-0.1, -0.05) is 70.2 Å². The maximum atomic E-state index is 11.3. The number of rotatable bonds is 12.